The second kappa shape index (κ2) is 14.5. The number of nitrogens with one attached hydrogen (secondary N) is 1. The van der Waals surface area contributed by atoms with Crippen LogP contribution in [0, 0.1) is 56.7 Å². The van der Waals surface area contributed by atoms with E-state index in [1.165, 1.54) is 5.57 Å². The van der Waals surface area contributed by atoms with Gasteiger partial charge in [0.25, 0.3) is 0 Å². The van der Waals surface area contributed by atoms with Gasteiger partial charge in [-0.25, -0.2) is 4.79 Å². The Morgan fingerprint density at radius 3 is 2.11 bits per heavy atom. The number of carboxylic acid groups (broad SMARTS) is 3. The number of aromatic carboxylic acids is 1. The van der Waals surface area contributed by atoms with Gasteiger partial charge < -0.3 is 25.5 Å². The van der Waals surface area contributed by atoms with Gasteiger partial charge in [-0.3, -0.25) is 19.2 Å². The minimum absolute atomic E-state index is 0.00234. The number of allylic oxidation sites excluding steroid dienone is 2. The van der Waals surface area contributed by atoms with E-state index in [2.05, 4.69) is 52.6 Å². The average Bonchev–Trinajstić information content (AvgIpc) is 3.51. The van der Waals surface area contributed by atoms with Crippen molar-refractivity contribution in [3.63, 3.8) is 0 Å². The van der Waals surface area contributed by atoms with E-state index in [0.29, 0.717) is 30.4 Å². The standard InChI is InChI=1S/C45H62N2O8/c1-27(26-47(7)35(48)14-15-36(49)50)30-16-22-45(40(55)46-25-19-37(51)52)24-23-43(5)32(38(30)45)12-13-34-42(4)20-17-31(28-8-10-29(11-9-28)39(53)54)41(2,3)33(42)18-21-44(34,43)6/h8-11,17,30,32-34,38H,1,12-16,18-26H2,2-7H3,(H,46,55)(H,49,50)(H,51,52)(H,53,54). The largest absolute Gasteiger partial charge is 0.481 e. The normalized spacial score (nSPS) is 35.8. The summed E-state index contributed by atoms with van der Waals surface area (Å²) in [5.41, 5.74) is 2.82. The smallest absolute Gasteiger partial charge is 0.335 e. The second-order valence-corrected chi connectivity index (χ2v) is 19.1. The molecule has 0 heterocycles. The van der Waals surface area contributed by atoms with Crippen molar-refractivity contribution in [2.75, 3.05) is 20.1 Å². The molecule has 0 saturated heterocycles. The Morgan fingerprint density at radius 1 is 0.800 bits per heavy atom. The summed E-state index contributed by atoms with van der Waals surface area (Å²) >= 11 is 0. The van der Waals surface area contributed by atoms with E-state index >= 15 is 0 Å². The number of hydrogen-bond donors (Lipinski definition) is 4. The number of likely N-dealkylation sites (N-methyl/N-ethyl adjacent to an activating group) is 1. The molecule has 2 amide bonds. The summed E-state index contributed by atoms with van der Waals surface area (Å²) in [5, 5.41) is 31.0. The molecule has 9 atom stereocenters. The molecule has 9 unspecified atom stereocenters. The van der Waals surface area contributed by atoms with Gasteiger partial charge in [-0.15, -0.1) is 0 Å². The van der Waals surface area contributed by atoms with Crippen LogP contribution in [0.3, 0.4) is 0 Å². The highest BCUT2D eigenvalue weighted by atomic mass is 16.4. The molecular formula is C45H62N2O8. The van der Waals surface area contributed by atoms with Gasteiger partial charge in [0.05, 0.1) is 23.8 Å². The van der Waals surface area contributed by atoms with Gasteiger partial charge in [-0.1, -0.05) is 65.0 Å². The molecule has 55 heavy (non-hydrogen) atoms. The molecule has 5 aliphatic rings. The van der Waals surface area contributed by atoms with E-state index in [4.69, 9.17) is 5.11 Å². The predicted molar refractivity (Wildman–Crippen MR) is 210 cm³/mol. The first-order valence-electron chi connectivity index (χ1n) is 20.4. The van der Waals surface area contributed by atoms with E-state index in [9.17, 15) is 34.2 Å². The molecule has 1 aromatic rings. The monoisotopic (exact) mass is 758 g/mol. The van der Waals surface area contributed by atoms with Crippen molar-refractivity contribution < 1.29 is 39.3 Å². The number of fused-ring (bicyclic) bond motifs is 7. The van der Waals surface area contributed by atoms with Crippen LogP contribution >= 0.6 is 0 Å². The van der Waals surface area contributed by atoms with Gasteiger partial charge in [0.15, 0.2) is 0 Å². The Labute approximate surface area is 326 Å². The molecule has 0 aromatic heterocycles. The number of carbonyl (C=O) groups is 5. The minimum Gasteiger partial charge on any atom is -0.481 e. The zero-order valence-electron chi connectivity index (χ0n) is 33.7. The number of aliphatic carboxylic acids is 2. The summed E-state index contributed by atoms with van der Waals surface area (Å²) in [6.07, 6.45) is 10.3. The van der Waals surface area contributed by atoms with Gasteiger partial charge >= 0.3 is 17.9 Å². The van der Waals surface area contributed by atoms with Crippen molar-refractivity contribution in [2.45, 2.75) is 112 Å². The van der Waals surface area contributed by atoms with Gasteiger partial charge in [0, 0.05) is 26.6 Å². The third kappa shape index (κ3) is 6.63. The summed E-state index contributed by atoms with van der Waals surface area (Å²) in [4.78, 5) is 63.0. The molecule has 1 aromatic carbocycles. The lowest BCUT2D eigenvalue weighted by atomic mass is 9.32. The Bertz CT molecular complexity index is 1780. The maximum atomic E-state index is 14.4. The molecule has 4 N–H and O–H groups in total. The van der Waals surface area contributed by atoms with Crippen LogP contribution in [0.4, 0.5) is 0 Å². The van der Waals surface area contributed by atoms with Gasteiger partial charge in [0.2, 0.25) is 11.8 Å². The summed E-state index contributed by atoms with van der Waals surface area (Å²) in [7, 11) is 1.70. The number of rotatable bonds is 12. The number of benzene rings is 1. The SMILES string of the molecule is C=C(CN(C)C(=O)CCC(=O)O)C1CCC2(C(=O)NCCC(=O)O)CCC3(C)C(CCC4C5(C)CC=C(c6ccc(C(=O)O)cc6)C(C)(C)C5CCC43C)C12. The van der Waals surface area contributed by atoms with E-state index in [1.54, 1.807) is 24.1 Å². The molecule has 5 aliphatic carbocycles. The molecule has 0 bridgehead atoms. The molecule has 6 rings (SSSR count). The third-order valence-corrected chi connectivity index (χ3v) is 16.5. The lowest BCUT2D eigenvalue weighted by molar-refractivity contribution is -0.225. The van der Waals surface area contributed by atoms with Gasteiger partial charge in [-0.2, -0.15) is 0 Å². The lowest BCUT2D eigenvalue weighted by Gasteiger charge is -2.72. The first kappa shape index (κ1) is 40.7. The molecule has 300 valence electrons. The quantitative estimate of drug-likeness (QED) is 0.156. The number of nitrogens with zero attached hydrogens (tertiary/aromatic N) is 1. The molecule has 4 fully saturated rings. The maximum Gasteiger partial charge on any atom is 0.335 e. The predicted octanol–water partition coefficient (Wildman–Crippen LogP) is 7.93. The van der Waals surface area contributed by atoms with Crippen LogP contribution in [-0.2, 0) is 19.2 Å². The number of amides is 2. The van der Waals surface area contributed by atoms with E-state index in [0.717, 1.165) is 62.5 Å². The molecule has 10 heteroatoms. The van der Waals surface area contributed by atoms with Crippen LogP contribution in [-0.4, -0.2) is 70.1 Å². The Hall–Kier alpha value is -3.95. The molecular weight excluding hydrogens is 697 g/mol. The van der Waals surface area contributed by atoms with Crippen LogP contribution in [0.2, 0.25) is 0 Å². The first-order chi connectivity index (χ1) is 25.7. The number of hydrogen-bond acceptors (Lipinski definition) is 5. The van der Waals surface area contributed by atoms with E-state index in [-0.39, 0.29) is 77.0 Å². The van der Waals surface area contributed by atoms with Crippen molar-refractivity contribution in [1.82, 2.24) is 10.2 Å². The van der Waals surface area contributed by atoms with Gasteiger partial charge in [0.1, 0.15) is 0 Å². The van der Waals surface area contributed by atoms with E-state index < -0.39 is 23.3 Å². The molecule has 10 nitrogen and oxygen atoms in total. The van der Waals surface area contributed by atoms with E-state index in [1.807, 2.05) is 12.1 Å². The van der Waals surface area contributed by atoms with Crippen molar-refractivity contribution in [2.24, 2.45) is 56.7 Å². The average molecular weight is 759 g/mol. The summed E-state index contributed by atoms with van der Waals surface area (Å²) in [6, 6.07) is 7.33. The maximum absolute atomic E-state index is 14.4. The van der Waals surface area contributed by atoms with Crippen molar-refractivity contribution >= 4 is 35.3 Å². The number of carboxylic acids is 3. The first-order valence-corrected chi connectivity index (χ1v) is 20.4. The Kier molecular flexibility index (Phi) is 10.8. The summed E-state index contributed by atoms with van der Waals surface area (Å²) in [5.74, 6) is -2.03. The molecule has 0 aliphatic heterocycles. The Morgan fingerprint density at radius 2 is 1.47 bits per heavy atom. The topological polar surface area (TPSA) is 161 Å². The highest BCUT2D eigenvalue weighted by Gasteiger charge is 2.71. The summed E-state index contributed by atoms with van der Waals surface area (Å²) < 4.78 is 0. The van der Waals surface area contributed by atoms with Crippen LogP contribution in [0.5, 0.6) is 0 Å². The van der Waals surface area contributed by atoms with Gasteiger partial charge in [-0.05, 0) is 132 Å². The lowest BCUT2D eigenvalue weighted by Crippen LogP contribution is -2.66. The zero-order valence-corrected chi connectivity index (χ0v) is 33.7. The van der Waals surface area contributed by atoms with Crippen LogP contribution in [0.15, 0.2) is 42.5 Å². The highest BCUT2D eigenvalue weighted by molar-refractivity contribution is 5.88. The highest BCUT2D eigenvalue weighted by Crippen LogP contribution is 2.77. The fourth-order valence-electron chi connectivity index (χ4n) is 13.7. The minimum atomic E-state index is -1.01. The van der Waals surface area contributed by atoms with Crippen LogP contribution < -0.4 is 5.32 Å². The molecule has 4 saturated carbocycles. The second-order valence-electron chi connectivity index (χ2n) is 19.1. The third-order valence-electron chi connectivity index (χ3n) is 16.5. The van der Waals surface area contributed by atoms with Crippen LogP contribution in [0.25, 0.3) is 5.57 Å². The Balaban J connectivity index is 1.32. The zero-order chi connectivity index (χ0) is 40.3. The van der Waals surface area contributed by atoms with Crippen molar-refractivity contribution in [3.05, 3.63) is 53.6 Å². The van der Waals surface area contributed by atoms with Crippen LogP contribution in [0.1, 0.15) is 128 Å². The fourth-order valence-corrected chi connectivity index (χ4v) is 13.7. The molecule has 0 spiro atoms. The number of carbonyl (C=O) groups excluding carboxylic acids is 2. The van der Waals surface area contributed by atoms with Crippen molar-refractivity contribution in [1.29, 1.82) is 0 Å². The summed E-state index contributed by atoms with van der Waals surface area (Å²) in [6.45, 7) is 17.3. The molecule has 0 radical (unpaired) electrons. The fraction of sp³-hybridized carbons (Fsp3) is 0.667. The van der Waals surface area contributed by atoms with Crippen molar-refractivity contribution in [3.8, 4) is 0 Å².